The highest BCUT2D eigenvalue weighted by molar-refractivity contribution is 7.08. The van der Waals surface area contributed by atoms with E-state index in [2.05, 4.69) is 33.0 Å². The SMILES string of the molecule is C.Cc1cscc1Nc1nc2c(C(=O)N3CCCCC3)cccc2[nH]1. The number of amides is 1. The van der Waals surface area contributed by atoms with E-state index in [1.807, 2.05) is 23.1 Å². The molecule has 0 atom stereocenters. The van der Waals surface area contributed by atoms with Gasteiger partial charge < -0.3 is 15.2 Å². The molecule has 132 valence electrons. The number of hydrogen-bond acceptors (Lipinski definition) is 4. The first-order valence-corrected chi connectivity index (χ1v) is 9.24. The topological polar surface area (TPSA) is 61.0 Å². The number of aromatic amines is 1. The minimum atomic E-state index is 0. The van der Waals surface area contributed by atoms with Crippen LogP contribution in [0.4, 0.5) is 11.6 Å². The van der Waals surface area contributed by atoms with Crippen molar-refractivity contribution in [3.8, 4) is 0 Å². The number of anilines is 2. The maximum atomic E-state index is 12.8. The largest absolute Gasteiger partial charge is 0.339 e. The fourth-order valence-electron chi connectivity index (χ4n) is 3.15. The maximum absolute atomic E-state index is 12.8. The van der Waals surface area contributed by atoms with Gasteiger partial charge in [0.25, 0.3) is 5.91 Å². The summed E-state index contributed by atoms with van der Waals surface area (Å²) in [4.78, 5) is 22.7. The van der Waals surface area contributed by atoms with Crippen LogP contribution in [0.25, 0.3) is 11.0 Å². The van der Waals surface area contributed by atoms with Crippen LogP contribution < -0.4 is 5.32 Å². The minimum Gasteiger partial charge on any atom is -0.339 e. The molecule has 1 aliphatic rings. The summed E-state index contributed by atoms with van der Waals surface area (Å²) < 4.78 is 0. The van der Waals surface area contributed by atoms with E-state index in [9.17, 15) is 4.79 Å². The molecule has 1 aromatic carbocycles. The molecule has 3 aromatic rings. The number of benzene rings is 1. The van der Waals surface area contributed by atoms with Gasteiger partial charge in [0.1, 0.15) is 5.52 Å². The van der Waals surface area contributed by atoms with Crippen molar-refractivity contribution in [3.05, 3.63) is 40.1 Å². The van der Waals surface area contributed by atoms with Crippen molar-refractivity contribution in [2.75, 3.05) is 18.4 Å². The van der Waals surface area contributed by atoms with Crippen LogP contribution in [0, 0.1) is 6.92 Å². The Morgan fingerprint density at radius 3 is 2.76 bits per heavy atom. The molecule has 1 amide bonds. The lowest BCUT2D eigenvalue weighted by molar-refractivity contribution is 0.0726. The fraction of sp³-hybridized carbons (Fsp3) is 0.368. The molecule has 3 heterocycles. The first-order valence-electron chi connectivity index (χ1n) is 8.30. The van der Waals surface area contributed by atoms with Crippen LogP contribution >= 0.6 is 11.3 Å². The maximum Gasteiger partial charge on any atom is 0.256 e. The van der Waals surface area contributed by atoms with Crippen LogP contribution in [-0.2, 0) is 0 Å². The predicted octanol–water partition coefficient (Wildman–Crippen LogP) is 4.94. The van der Waals surface area contributed by atoms with Crippen molar-refractivity contribution in [3.63, 3.8) is 0 Å². The highest BCUT2D eigenvalue weighted by Gasteiger charge is 2.21. The summed E-state index contributed by atoms with van der Waals surface area (Å²) in [7, 11) is 0. The summed E-state index contributed by atoms with van der Waals surface area (Å²) in [5, 5.41) is 7.46. The van der Waals surface area contributed by atoms with Crippen molar-refractivity contribution >= 4 is 39.9 Å². The van der Waals surface area contributed by atoms with Crippen LogP contribution in [0.1, 0.15) is 42.6 Å². The molecule has 2 aromatic heterocycles. The molecule has 0 saturated carbocycles. The third kappa shape index (κ3) is 3.39. The van der Waals surface area contributed by atoms with Gasteiger partial charge in [-0.25, -0.2) is 4.98 Å². The molecule has 1 saturated heterocycles. The number of carbonyl (C=O) groups excluding carboxylic acids is 1. The Morgan fingerprint density at radius 2 is 2.04 bits per heavy atom. The molecule has 4 rings (SSSR count). The van der Waals surface area contributed by atoms with Crippen molar-refractivity contribution in [1.29, 1.82) is 0 Å². The lowest BCUT2D eigenvalue weighted by atomic mass is 10.1. The quantitative estimate of drug-likeness (QED) is 0.699. The molecule has 0 aliphatic carbocycles. The van der Waals surface area contributed by atoms with Gasteiger partial charge in [0, 0.05) is 18.5 Å². The van der Waals surface area contributed by atoms with Crippen molar-refractivity contribution in [2.45, 2.75) is 33.6 Å². The van der Waals surface area contributed by atoms with E-state index in [0.717, 1.165) is 42.7 Å². The Labute approximate surface area is 152 Å². The van der Waals surface area contributed by atoms with Gasteiger partial charge in [0.05, 0.1) is 16.8 Å². The van der Waals surface area contributed by atoms with Gasteiger partial charge in [-0.1, -0.05) is 13.5 Å². The number of fused-ring (bicyclic) bond motifs is 1. The van der Waals surface area contributed by atoms with Crippen LogP contribution in [0.2, 0.25) is 0 Å². The molecule has 1 aliphatic heterocycles. The first kappa shape index (κ1) is 17.5. The number of thiophene rings is 1. The van der Waals surface area contributed by atoms with Gasteiger partial charge in [-0.15, -0.1) is 11.3 Å². The number of carbonyl (C=O) groups is 1. The van der Waals surface area contributed by atoms with Crippen LogP contribution in [0.3, 0.4) is 0 Å². The zero-order valence-corrected chi connectivity index (χ0v) is 14.4. The van der Waals surface area contributed by atoms with Crippen molar-refractivity contribution in [1.82, 2.24) is 14.9 Å². The highest BCUT2D eigenvalue weighted by Crippen LogP contribution is 2.26. The summed E-state index contributed by atoms with van der Waals surface area (Å²) in [5.41, 5.74) is 4.53. The van der Waals surface area contributed by atoms with Gasteiger partial charge in [0.2, 0.25) is 5.95 Å². The number of H-pyrrole nitrogens is 1. The second-order valence-corrected chi connectivity index (χ2v) is 6.98. The average molecular weight is 356 g/mol. The van der Waals surface area contributed by atoms with E-state index in [4.69, 9.17) is 0 Å². The summed E-state index contributed by atoms with van der Waals surface area (Å²) >= 11 is 1.65. The summed E-state index contributed by atoms with van der Waals surface area (Å²) in [6.45, 7) is 3.75. The number of nitrogens with zero attached hydrogens (tertiary/aromatic N) is 2. The van der Waals surface area contributed by atoms with E-state index >= 15 is 0 Å². The Bertz CT molecular complexity index is 877. The van der Waals surface area contributed by atoms with Crippen LogP contribution in [-0.4, -0.2) is 33.9 Å². The standard InChI is InChI=1S/C18H20N4OS.CH4/c1-12-10-24-11-15(12)20-18-19-14-7-5-6-13(16(14)21-18)17(23)22-8-3-2-4-9-22;/h5-7,10-11H,2-4,8-9H2,1H3,(H2,19,20,21);1H4. The second kappa shape index (κ2) is 7.27. The van der Waals surface area contributed by atoms with Crippen LogP contribution in [0.15, 0.2) is 29.0 Å². The number of likely N-dealkylation sites (tertiary alicyclic amines) is 1. The summed E-state index contributed by atoms with van der Waals surface area (Å²) in [6, 6.07) is 5.75. The molecule has 0 spiro atoms. The fourth-order valence-corrected chi connectivity index (χ4v) is 3.93. The Morgan fingerprint density at radius 1 is 1.24 bits per heavy atom. The Hall–Kier alpha value is -2.34. The van der Waals surface area contributed by atoms with Gasteiger partial charge in [-0.05, 0) is 49.3 Å². The summed E-state index contributed by atoms with van der Waals surface area (Å²) in [6.07, 6.45) is 3.39. The third-order valence-corrected chi connectivity index (χ3v) is 5.36. The van der Waals surface area contributed by atoms with E-state index in [-0.39, 0.29) is 13.3 Å². The Kier molecular flexibility index (Phi) is 5.08. The zero-order valence-electron chi connectivity index (χ0n) is 13.6. The average Bonchev–Trinajstić information content (AvgIpc) is 3.21. The number of aromatic nitrogens is 2. The van der Waals surface area contributed by atoms with Crippen molar-refractivity contribution < 1.29 is 4.79 Å². The smallest absolute Gasteiger partial charge is 0.256 e. The third-order valence-electron chi connectivity index (χ3n) is 4.50. The molecule has 0 bridgehead atoms. The lowest BCUT2D eigenvalue weighted by Gasteiger charge is -2.26. The molecular weight excluding hydrogens is 332 g/mol. The van der Waals surface area contributed by atoms with Gasteiger partial charge in [-0.2, -0.15) is 0 Å². The monoisotopic (exact) mass is 356 g/mol. The molecule has 0 radical (unpaired) electrons. The molecule has 2 N–H and O–H groups in total. The number of aryl methyl sites for hydroxylation is 1. The normalized spacial score (nSPS) is 14.4. The highest BCUT2D eigenvalue weighted by atomic mass is 32.1. The number of imidazole rings is 1. The minimum absolute atomic E-state index is 0. The zero-order chi connectivity index (χ0) is 16.5. The molecule has 1 fully saturated rings. The van der Waals surface area contributed by atoms with E-state index < -0.39 is 0 Å². The second-order valence-electron chi connectivity index (χ2n) is 6.23. The van der Waals surface area contributed by atoms with E-state index in [1.165, 1.54) is 12.0 Å². The van der Waals surface area contributed by atoms with E-state index in [0.29, 0.717) is 11.5 Å². The molecule has 5 nitrogen and oxygen atoms in total. The Balaban J connectivity index is 0.00000182. The van der Waals surface area contributed by atoms with Crippen LogP contribution in [0.5, 0.6) is 0 Å². The predicted molar refractivity (Wildman–Crippen MR) is 105 cm³/mol. The number of hydrogen-bond donors (Lipinski definition) is 2. The first-order chi connectivity index (χ1) is 11.7. The molecule has 0 unspecified atom stereocenters. The van der Waals surface area contributed by atoms with E-state index in [1.54, 1.807) is 11.3 Å². The number of rotatable bonds is 3. The molecular formula is C19H24N4OS. The number of nitrogens with one attached hydrogen (secondary N) is 2. The van der Waals surface area contributed by atoms with Gasteiger partial charge in [-0.3, -0.25) is 4.79 Å². The van der Waals surface area contributed by atoms with Gasteiger partial charge in [0.15, 0.2) is 0 Å². The molecule has 6 heteroatoms. The lowest BCUT2D eigenvalue weighted by Crippen LogP contribution is -2.35. The molecule has 25 heavy (non-hydrogen) atoms. The summed E-state index contributed by atoms with van der Waals surface area (Å²) in [5.74, 6) is 0.760. The number of para-hydroxylation sites is 1. The van der Waals surface area contributed by atoms with Gasteiger partial charge >= 0.3 is 0 Å². The van der Waals surface area contributed by atoms with Crippen molar-refractivity contribution in [2.24, 2.45) is 0 Å². The number of piperidine rings is 1.